The van der Waals surface area contributed by atoms with Gasteiger partial charge < -0.3 is 14.0 Å². The number of aromatic nitrogens is 3. The van der Waals surface area contributed by atoms with Crippen molar-refractivity contribution in [1.29, 1.82) is 0 Å². The molecule has 1 saturated carbocycles. The van der Waals surface area contributed by atoms with Gasteiger partial charge in [-0.3, -0.25) is 5.32 Å². The summed E-state index contributed by atoms with van der Waals surface area (Å²) >= 11 is 0. The number of hydrogen-bond donors (Lipinski definition) is 1. The van der Waals surface area contributed by atoms with Crippen LogP contribution in [0, 0.1) is 5.92 Å². The van der Waals surface area contributed by atoms with Gasteiger partial charge in [-0.15, -0.1) is 0 Å². The molecule has 0 radical (unpaired) electrons. The lowest BCUT2D eigenvalue weighted by molar-refractivity contribution is 0.187. The summed E-state index contributed by atoms with van der Waals surface area (Å²) in [6, 6.07) is 9.96. The van der Waals surface area contributed by atoms with Crippen molar-refractivity contribution in [3.8, 4) is 5.75 Å². The minimum atomic E-state index is -0.520. The maximum absolute atomic E-state index is 11.5. The van der Waals surface area contributed by atoms with Gasteiger partial charge in [0.25, 0.3) is 0 Å². The first-order valence-electron chi connectivity index (χ1n) is 9.58. The van der Waals surface area contributed by atoms with Gasteiger partial charge >= 0.3 is 6.09 Å². The summed E-state index contributed by atoms with van der Waals surface area (Å²) < 4.78 is 12.4. The van der Waals surface area contributed by atoms with Crippen LogP contribution in [0.3, 0.4) is 0 Å². The summed E-state index contributed by atoms with van der Waals surface area (Å²) in [4.78, 5) is 20.8. The van der Waals surface area contributed by atoms with Crippen LogP contribution >= 0.6 is 0 Å². The lowest BCUT2D eigenvalue weighted by Gasteiger charge is -2.09. The number of anilines is 1. The lowest BCUT2D eigenvalue weighted by atomic mass is 10.1. The number of hydrogen-bond acceptors (Lipinski definition) is 5. The summed E-state index contributed by atoms with van der Waals surface area (Å²) in [5.41, 5.74) is 3.37. The minimum absolute atomic E-state index is 0.520. The molecule has 0 atom stereocenters. The van der Waals surface area contributed by atoms with E-state index in [1.807, 2.05) is 25.1 Å². The Kier molecular flexibility index (Phi) is 5.14. The van der Waals surface area contributed by atoms with Crippen LogP contribution in [0.25, 0.3) is 11.2 Å². The van der Waals surface area contributed by atoms with Crippen LogP contribution < -0.4 is 10.1 Å². The second-order valence-corrected chi connectivity index (χ2v) is 7.02. The average molecular weight is 380 g/mol. The first-order chi connectivity index (χ1) is 13.7. The predicted molar refractivity (Wildman–Crippen MR) is 107 cm³/mol. The highest BCUT2D eigenvalue weighted by molar-refractivity contribution is 5.87. The van der Waals surface area contributed by atoms with Crippen LogP contribution in [0.2, 0.25) is 0 Å². The van der Waals surface area contributed by atoms with Crippen LogP contribution in [-0.4, -0.2) is 34.3 Å². The van der Waals surface area contributed by atoms with Gasteiger partial charge in [0.1, 0.15) is 17.1 Å². The summed E-state index contributed by atoms with van der Waals surface area (Å²) in [6.07, 6.45) is 4.35. The highest BCUT2D eigenvalue weighted by Crippen LogP contribution is 2.33. The smallest absolute Gasteiger partial charge is 0.411 e. The third-order valence-corrected chi connectivity index (χ3v) is 4.83. The average Bonchev–Trinajstić information content (AvgIpc) is 3.46. The van der Waals surface area contributed by atoms with Gasteiger partial charge in [-0.1, -0.05) is 12.1 Å². The predicted octanol–water partition coefficient (Wildman–Crippen LogP) is 4.01. The monoisotopic (exact) mass is 380 g/mol. The minimum Gasteiger partial charge on any atom is -0.494 e. The Hall–Kier alpha value is -3.09. The number of benzene rings is 1. The number of ether oxygens (including phenoxy) is 2. The molecule has 146 valence electrons. The summed E-state index contributed by atoms with van der Waals surface area (Å²) in [5, 5.41) is 2.65. The fourth-order valence-corrected chi connectivity index (χ4v) is 3.23. The Balaban J connectivity index is 1.64. The molecule has 1 fully saturated rings. The van der Waals surface area contributed by atoms with Crippen LogP contribution in [0.1, 0.15) is 31.2 Å². The molecule has 0 unspecified atom stereocenters. The summed E-state index contributed by atoms with van der Waals surface area (Å²) in [6.45, 7) is 3.56. The molecule has 0 bridgehead atoms. The largest absolute Gasteiger partial charge is 0.494 e. The first-order valence-corrected chi connectivity index (χ1v) is 9.58. The number of fused-ring (bicyclic) bond motifs is 1. The van der Waals surface area contributed by atoms with Crippen molar-refractivity contribution in [2.45, 2.75) is 32.7 Å². The lowest BCUT2D eigenvalue weighted by Crippen LogP contribution is -2.11. The van der Waals surface area contributed by atoms with E-state index in [9.17, 15) is 4.79 Å². The second-order valence-electron chi connectivity index (χ2n) is 7.02. The van der Waals surface area contributed by atoms with Gasteiger partial charge in [0, 0.05) is 13.0 Å². The third-order valence-electron chi connectivity index (χ3n) is 4.83. The summed E-state index contributed by atoms with van der Waals surface area (Å²) in [7, 11) is 1.33. The van der Waals surface area contributed by atoms with E-state index in [1.165, 1.54) is 25.5 Å². The maximum Gasteiger partial charge on any atom is 0.411 e. The van der Waals surface area contributed by atoms with Crippen LogP contribution in [-0.2, 0) is 17.7 Å². The van der Waals surface area contributed by atoms with Gasteiger partial charge in [-0.2, -0.15) is 0 Å². The fraction of sp³-hybridized carbons (Fsp3) is 0.381. The molecule has 0 aliphatic heterocycles. The Morgan fingerprint density at radius 1 is 1.29 bits per heavy atom. The van der Waals surface area contributed by atoms with Crippen LogP contribution in [0.4, 0.5) is 10.5 Å². The number of nitrogens with one attached hydrogen (secondary N) is 1. The molecular weight excluding hydrogens is 356 g/mol. The molecule has 7 nitrogen and oxygen atoms in total. The van der Waals surface area contributed by atoms with Crippen molar-refractivity contribution in [3.05, 3.63) is 47.9 Å². The summed E-state index contributed by atoms with van der Waals surface area (Å²) in [5.74, 6) is 2.55. The second kappa shape index (κ2) is 7.88. The van der Waals surface area contributed by atoms with Crippen molar-refractivity contribution >= 4 is 22.9 Å². The quantitative estimate of drug-likeness (QED) is 0.670. The van der Waals surface area contributed by atoms with E-state index in [2.05, 4.69) is 31.7 Å². The van der Waals surface area contributed by atoms with Crippen LogP contribution in [0.5, 0.6) is 5.75 Å². The molecule has 1 aromatic carbocycles. The third kappa shape index (κ3) is 4.08. The zero-order valence-electron chi connectivity index (χ0n) is 16.1. The van der Waals surface area contributed by atoms with E-state index in [-0.39, 0.29) is 0 Å². The van der Waals surface area contributed by atoms with E-state index in [0.717, 1.165) is 35.7 Å². The highest BCUT2D eigenvalue weighted by atomic mass is 16.5. The Labute approximate surface area is 163 Å². The van der Waals surface area contributed by atoms with Crippen molar-refractivity contribution < 1.29 is 14.3 Å². The van der Waals surface area contributed by atoms with Gasteiger partial charge in [-0.05, 0) is 49.4 Å². The molecule has 2 heterocycles. The number of methoxy groups -OCH3 is 1. The van der Waals surface area contributed by atoms with Crippen LogP contribution in [0.15, 0.2) is 36.5 Å². The fourth-order valence-electron chi connectivity index (χ4n) is 3.23. The Morgan fingerprint density at radius 3 is 2.75 bits per heavy atom. The molecule has 1 aliphatic rings. The number of nitrogens with zero attached hydrogens (tertiary/aromatic N) is 3. The number of pyridine rings is 1. The van der Waals surface area contributed by atoms with Gasteiger partial charge in [0.05, 0.1) is 25.6 Å². The number of amides is 1. The molecule has 3 aromatic rings. The van der Waals surface area contributed by atoms with E-state index in [4.69, 9.17) is 9.72 Å². The Bertz CT molecular complexity index is 977. The van der Waals surface area contributed by atoms with Crippen molar-refractivity contribution in [3.63, 3.8) is 0 Å². The van der Waals surface area contributed by atoms with Gasteiger partial charge in [-0.25, -0.2) is 14.8 Å². The van der Waals surface area contributed by atoms with Gasteiger partial charge in [0.15, 0.2) is 5.65 Å². The topological polar surface area (TPSA) is 78.3 Å². The van der Waals surface area contributed by atoms with E-state index < -0.39 is 6.09 Å². The first kappa shape index (κ1) is 18.3. The Morgan fingerprint density at radius 2 is 2.07 bits per heavy atom. The molecule has 1 aliphatic carbocycles. The number of carbonyl (C=O) groups is 1. The molecule has 1 N–H and O–H groups in total. The van der Waals surface area contributed by atoms with E-state index in [0.29, 0.717) is 18.2 Å². The zero-order chi connectivity index (χ0) is 19.5. The molecule has 28 heavy (non-hydrogen) atoms. The molecule has 0 saturated heterocycles. The number of carbonyl (C=O) groups excluding carboxylic acids is 1. The van der Waals surface area contributed by atoms with E-state index in [1.54, 1.807) is 6.20 Å². The highest BCUT2D eigenvalue weighted by Gasteiger charge is 2.25. The number of rotatable bonds is 7. The van der Waals surface area contributed by atoms with Crippen molar-refractivity contribution in [2.24, 2.45) is 5.92 Å². The standard InChI is InChI=1S/C21H24N4O3/c1-3-28-17-8-6-14(7-9-17)10-19-24-18-11-16(23-21(26)27-2)12-22-20(18)25(19)13-15-4-5-15/h6-9,11-12,15H,3-5,10,13H2,1-2H3,(H,23,26). The SMILES string of the molecule is CCOc1ccc(Cc2nc3cc(NC(=O)OC)cnc3n2CC2CC2)cc1. The molecule has 7 heteroatoms. The molecule has 4 rings (SSSR count). The molecule has 0 spiro atoms. The van der Waals surface area contributed by atoms with Crippen molar-refractivity contribution in [1.82, 2.24) is 14.5 Å². The molecular formula is C21H24N4O3. The van der Waals surface area contributed by atoms with Gasteiger partial charge in [0.2, 0.25) is 0 Å². The normalized spacial score (nSPS) is 13.5. The van der Waals surface area contributed by atoms with Crippen molar-refractivity contribution in [2.75, 3.05) is 19.0 Å². The maximum atomic E-state index is 11.5. The van der Waals surface area contributed by atoms with E-state index >= 15 is 0 Å². The number of imidazole rings is 1. The molecule has 2 aromatic heterocycles. The molecule has 1 amide bonds. The zero-order valence-corrected chi connectivity index (χ0v) is 16.1.